The summed E-state index contributed by atoms with van der Waals surface area (Å²) < 4.78 is 23.3. The second kappa shape index (κ2) is 6.41. The number of benzene rings is 1. The Morgan fingerprint density at radius 2 is 2.19 bits per heavy atom. The highest BCUT2D eigenvalue weighted by Gasteiger charge is 2.23. The lowest BCUT2D eigenvalue weighted by Gasteiger charge is -2.18. The van der Waals surface area contributed by atoms with Crippen LogP contribution in [0.15, 0.2) is 39.4 Å². The van der Waals surface area contributed by atoms with E-state index in [0.29, 0.717) is 21.9 Å². The molecule has 21 heavy (non-hydrogen) atoms. The first kappa shape index (κ1) is 14.3. The summed E-state index contributed by atoms with van der Waals surface area (Å²) in [6, 6.07) is 9.39. The van der Waals surface area contributed by atoms with Crippen LogP contribution in [-0.2, 0) is 0 Å². The Morgan fingerprint density at radius 1 is 1.29 bits per heavy atom. The monoisotopic (exact) mass is 353 g/mol. The van der Waals surface area contributed by atoms with Crippen LogP contribution in [0.25, 0.3) is 0 Å². The van der Waals surface area contributed by atoms with E-state index in [4.69, 9.17) is 18.6 Å². The molecule has 0 radical (unpaired) electrons. The molecule has 0 bridgehead atoms. The molecule has 0 saturated heterocycles. The molecule has 1 unspecified atom stereocenters. The van der Waals surface area contributed by atoms with Crippen molar-refractivity contribution < 1.29 is 18.6 Å². The molecule has 1 N–H and O–H groups in total. The number of nitrogens with one attached hydrogen (secondary N) is 1. The maximum Gasteiger partial charge on any atom is 0.231 e. The molecule has 2 heterocycles. The number of halogens is 1. The summed E-state index contributed by atoms with van der Waals surface area (Å²) in [5.74, 6) is 2.80. The van der Waals surface area contributed by atoms with Crippen LogP contribution in [0.3, 0.4) is 0 Å². The van der Waals surface area contributed by atoms with Crippen LogP contribution in [0, 0.1) is 0 Å². The Hall–Kier alpha value is -1.66. The minimum absolute atomic E-state index is 0.195. The first-order valence-electron chi connectivity index (χ1n) is 6.73. The third-order valence-electron chi connectivity index (χ3n) is 3.20. The van der Waals surface area contributed by atoms with Crippen LogP contribution in [0.2, 0.25) is 0 Å². The van der Waals surface area contributed by atoms with Gasteiger partial charge in [-0.15, -0.1) is 0 Å². The maximum absolute atomic E-state index is 6.10. The van der Waals surface area contributed by atoms with E-state index >= 15 is 0 Å². The minimum atomic E-state index is -0.195. The molecule has 0 saturated carbocycles. The van der Waals surface area contributed by atoms with E-state index in [0.717, 1.165) is 18.7 Å². The molecule has 0 spiro atoms. The summed E-state index contributed by atoms with van der Waals surface area (Å²) in [5.41, 5.74) is 0. The number of fused-ring (bicyclic) bond motifs is 1. The molecular weight excluding hydrogens is 338 g/mol. The quantitative estimate of drug-likeness (QED) is 0.861. The van der Waals surface area contributed by atoms with Gasteiger partial charge in [0.15, 0.2) is 22.3 Å². The molecule has 0 fully saturated rings. The van der Waals surface area contributed by atoms with Crippen molar-refractivity contribution >= 4 is 15.9 Å². The molecule has 0 aliphatic carbocycles. The molecule has 112 valence electrons. The Bertz CT molecular complexity index is 613. The van der Waals surface area contributed by atoms with Crippen molar-refractivity contribution in [2.24, 2.45) is 0 Å². The van der Waals surface area contributed by atoms with Gasteiger partial charge < -0.3 is 23.9 Å². The van der Waals surface area contributed by atoms with Crippen LogP contribution < -0.4 is 19.5 Å². The summed E-state index contributed by atoms with van der Waals surface area (Å²) in [4.78, 5) is 0. The lowest BCUT2D eigenvalue weighted by molar-refractivity contribution is 0.146. The molecule has 1 atom stereocenters. The van der Waals surface area contributed by atoms with Crippen LogP contribution in [0.1, 0.15) is 18.3 Å². The standard InChI is InChI=1S/C15H16BrNO4/c1-17-8-7-11(10-5-6-14(16)21-10)20-13-4-2-3-12-15(13)19-9-18-12/h2-6,11,17H,7-9H2,1H3. The second-order valence-electron chi connectivity index (χ2n) is 4.63. The van der Waals surface area contributed by atoms with Gasteiger partial charge in [0.1, 0.15) is 5.76 Å². The van der Waals surface area contributed by atoms with E-state index in [2.05, 4.69) is 21.2 Å². The molecule has 1 aliphatic rings. The van der Waals surface area contributed by atoms with E-state index in [-0.39, 0.29) is 12.9 Å². The summed E-state index contributed by atoms with van der Waals surface area (Å²) in [6.45, 7) is 1.04. The zero-order valence-corrected chi connectivity index (χ0v) is 13.2. The molecule has 1 aromatic heterocycles. The minimum Gasteiger partial charge on any atom is -0.478 e. The SMILES string of the molecule is CNCCC(Oc1cccc2c1OCO2)c1ccc(Br)o1. The maximum atomic E-state index is 6.10. The summed E-state index contributed by atoms with van der Waals surface area (Å²) in [7, 11) is 1.91. The number of para-hydroxylation sites is 1. The third kappa shape index (κ3) is 3.16. The van der Waals surface area contributed by atoms with Gasteiger partial charge in [0.2, 0.25) is 12.5 Å². The molecule has 5 nitrogen and oxygen atoms in total. The fourth-order valence-electron chi connectivity index (χ4n) is 2.19. The van der Waals surface area contributed by atoms with Gasteiger partial charge in [0.25, 0.3) is 0 Å². The van der Waals surface area contributed by atoms with Crippen LogP contribution in [0.4, 0.5) is 0 Å². The van der Waals surface area contributed by atoms with Gasteiger partial charge in [0.05, 0.1) is 0 Å². The van der Waals surface area contributed by atoms with Crippen molar-refractivity contribution in [3.05, 3.63) is 40.8 Å². The number of furan rings is 1. The van der Waals surface area contributed by atoms with Gasteiger partial charge in [-0.2, -0.15) is 0 Å². The molecule has 1 aromatic carbocycles. The van der Waals surface area contributed by atoms with Crippen molar-refractivity contribution in [2.45, 2.75) is 12.5 Å². The number of rotatable bonds is 6. The fourth-order valence-corrected chi connectivity index (χ4v) is 2.50. The predicted octanol–water partition coefficient (Wildman–Crippen LogP) is 3.50. The zero-order valence-electron chi connectivity index (χ0n) is 11.6. The Morgan fingerprint density at radius 3 is 2.95 bits per heavy atom. The number of hydrogen-bond acceptors (Lipinski definition) is 5. The number of hydrogen-bond donors (Lipinski definition) is 1. The topological polar surface area (TPSA) is 52.9 Å². The van der Waals surface area contributed by atoms with E-state index < -0.39 is 0 Å². The molecule has 0 amide bonds. The van der Waals surface area contributed by atoms with Crippen molar-refractivity contribution in [1.29, 1.82) is 0 Å². The summed E-state index contributed by atoms with van der Waals surface area (Å²) >= 11 is 3.32. The van der Waals surface area contributed by atoms with Crippen molar-refractivity contribution in [2.75, 3.05) is 20.4 Å². The van der Waals surface area contributed by atoms with Crippen LogP contribution in [-0.4, -0.2) is 20.4 Å². The zero-order chi connectivity index (χ0) is 14.7. The predicted molar refractivity (Wildman–Crippen MR) is 80.9 cm³/mol. The normalized spacial score (nSPS) is 14.2. The van der Waals surface area contributed by atoms with E-state index in [1.54, 1.807) is 0 Å². The highest BCUT2D eigenvalue weighted by atomic mass is 79.9. The lowest BCUT2D eigenvalue weighted by atomic mass is 10.2. The van der Waals surface area contributed by atoms with Crippen LogP contribution in [0.5, 0.6) is 17.2 Å². The van der Waals surface area contributed by atoms with E-state index in [1.165, 1.54) is 0 Å². The lowest BCUT2D eigenvalue weighted by Crippen LogP contribution is -2.16. The first-order valence-corrected chi connectivity index (χ1v) is 7.52. The Balaban J connectivity index is 1.83. The average Bonchev–Trinajstić information content (AvgIpc) is 3.12. The third-order valence-corrected chi connectivity index (χ3v) is 3.62. The summed E-state index contributed by atoms with van der Waals surface area (Å²) in [5, 5.41) is 3.12. The molecule has 2 aromatic rings. The highest BCUT2D eigenvalue weighted by Crippen LogP contribution is 2.42. The van der Waals surface area contributed by atoms with Crippen molar-refractivity contribution in [1.82, 2.24) is 5.32 Å². The molecular formula is C15H16BrNO4. The van der Waals surface area contributed by atoms with Gasteiger partial charge in [-0.05, 0) is 53.8 Å². The van der Waals surface area contributed by atoms with Crippen molar-refractivity contribution in [3.63, 3.8) is 0 Å². The molecule has 1 aliphatic heterocycles. The smallest absolute Gasteiger partial charge is 0.231 e. The van der Waals surface area contributed by atoms with Gasteiger partial charge in [-0.1, -0.05) is 6.07 Å². The van der Waals surface area contributed by atoms with Crippen LogP contribution >= 0.6 is 15.9 Å². The fraction of sp³-hybridized carbons (Fsp3) is 0.333. The Kier molecular flexibility index (Phi) is 4.36. The number of ether oxygens (including phenoxy) is 3. The second-order valence-corrected chi connectivity index (χ2v) is 5.41. The van der Waals surface area contributed by atoms with Gasteiger partial charge in [-0.3, -0.25) is 0 Å². The Labute approximate surface area is 131 Å². The van der Waals surface area contributed by atoms with Gasteiger partial charge >= 0.3 is 0 Å². The molecule has 3 rings (SSSR count). The van der Waals surface area contributed by atoms with E-state index in [9.17, 15) is 0 Å². The largest absolute Gasteiger partial charge is 0.478 e. The highest BCUT2D eigenvalue weighted by molar-refractivity contribution is 9.10. The van der Waals surface area contributed by atoms with E-state index in [1.807, 2.05) is 37.4 Å². The molecule has 6 heteroatoms. The van der Waals surface area contributed by atoms with Crippen molar-refractivity contribution in [3.8, 4) is 17.2 Å². The average molecular weight is 354 g/mol. The van der Waals surface area contributed by atoms with Gasteiger partial charge in [-0.25, -0.2) is 0 Å². The first-order chi connectivity index (χ1) is 10.3. The summed E-state index contributed by atoms with van der Waals surface area (Å²) in [6.07, 6.45) is 0.584. The van der Waals surface area contributed by atoms with Gasteiger partial charge in [0, 0.05) is 6.42 Å².